The Morgan fingerprint density at radius 3 is 2.30 bits per heavy atom. The summed E-state index contributed by atoms with van der Waals surface area (Å²) in [7, 11) is 0. The van der Waals surface area contributed by atoms with Crippen LogP contribution in [0.2, 0.25) is 0 Å². The quantitative estimate of drug-likeness (QED) is 0.601. The van der Waals surface area contributed by atoms with E-state index in [4.69, 9.17) is 15.7 Å². The zero-order chi connectivity index (χ0) is 20.4. The van der Waals surface area contributed by atoms with Crippen molar-refractivity contribution in [2.45, 2.75) is 45.9 Å². The molecule has 0 saturated heterocycles. The molecule has 0 bridgehead atoms. The molecule has 4 N–H and O–H groups in total. The van der Waals surface area contributed by atoms with Crippen molar-refractivity contribution in [3.8, 4) is 6.07 Å². The van der Waals surface area contributed by atoms with Gasteiger partial charge in [-0.25, -0.2) is 4.79 Å². The third kappa shape index (κ3) is 7.77. The molecular formula is C19H26N4O4. The number of nitrogens with one attached hydrogen (secondary N) is 2. The molecule has 0 spiro atoms. The fourth-order valence-electron chi connectivity index (χ4n) is 2.34. The second-order valence-electron chi connectivity index (χ2n) is 6.66. The van der Waals surface area contributed by atoms with E-state index in [1.165, 1.54) is 0 Å². The van der Waals surface area contributed by atoms with Crippen molar-refractivity contribution in [3.05, 3.63) is 35.9 Å². The van der Waals surface area contributed by atoms with Crippen LogP contribution in [0.3, 0.4) is 0 Å². The van der Waals surface area contributed by atoms with E-state index in [0.29, 0.717) is 0 Å². The third-order valence-corrected chi connectivity index (χ3v) is 3.90. The van der Waals surface area contributed by atoms with Gasteiger partial charge in [-0.15, -0.1) is 0 Å². The van der Waals surface area contributed by atoms with Crippen LogP contribution in [-0.4, -0.2) is 30.0 Å². The summed E-state index contributed by atoms with van der Waals surface area (Å²) in [6.07, 6.45) is -0.644. The normalized spacial score (nSPS) is 13.7. The first-order chi connectivity index (χ1) is 12.7. The van der Waals surface area contributed by atoms with Crippen LogP contribution in [0.15, 0.2) is 30.3 Å². The number of hydrogen-bond acceptors (Lipinski definition) is 5. The van der Waals surface area contributed by atoms with E-state index in [1.54, 1.807) is 20.8 Å². The highest BCUT2D eigenvalue weighted by atomic mass is 16.5. The number of hydrogen-bond donors (Lipinski definition) is 3. The number of nitriles is 1. The molecule has 0 radical (unpaired) electrons. The summed E-state index contributed by atoms with van der Waals surface area (Å²) in [5.74, 6) is -2.00. The summed E-state index contributed by atoms with van der Waals surface area (Å²) < 4.78 is 5.13. The number of primary amides is 1. The van der Waals surface area contributed by atoms with Gasteiger partial charge < -0.3 is 21.1 Å². The average molecular weight is 374 g/mol. The maximum atomic E-state index is 12.5. The number of rotatable bonds is 9. The first-order valence-corrected chi connectivity index (χ1v) is 8.71. The van der Waals surface area contributed by atoms with Crippen LogP contribution in [0, 0.1) is 23.2 Å². The fraction of sp³-hybridized carbons (Fsp3) is 0.474. The molecule has 1 aromatic rings. The minimum Gasteiger partial charge on any atom is -0.445 e. The first kappa shape index (κ1) is 22.0. The molecule has 3 amide bonds. The van der Waals surface area contributed by atoms with Crippen molar-refractivity contribution in [1.29, 1.82) is 5.26 Å². The van der Waals surface area contributed by atoms with Crippen LogP contribution >= 0.6 is 0 Å². The Labute approximate surface area is 159 Å². The summed E-state index contributed by atoms with van der Waals surface area (Å²) >= 11 is 0. The lowest BCUT2D eigenvalue weighted by molar-refractivity contribution is -0.129. The lowest BCUT2D eigenvalue weighted by Gasteiger charge is -2.24. The smallest absolute Gasteiger partial charge is 0.408 e. The van der Waals surface area contributed by atoms with Crippen LogP contribution < -0.4 is 16.4 Å². The highest BCUT2D eigenvalue weighted by molar-refractivity contribution is 5.90. The Morgan fingerprint density at radius 1 is 1.15 bits per heavy atom. The number of alkyl carbamates (subject to hydrolysis) is 1. The Balaban J connectivity index is 2.67. The number of nitrogens with two attached hydrogens (primary N) is 1. The van der Waals surface area contributed by atoms with E-state index in [9.17, 15) is 14.4 Å². The van der Waals surface area contributed by atoms with Crippen molar-refractivity contribution in [3.63, 3.8) is 0 Å². The Kier molecular flexibility index (Phi) is 8.79. The van der Waals surface area contributed by atoms with Gasteiger partial charge in [0.1, 0.15) is 18.7 Å². The Morgan fingerprint density at radius 2 is 1.78 bits per heavy atom. The predicted molar refractivity (Wildman–Crippen MR) is 98.9 cm³/mol. The van der Waals surface area contributed by atoms with Gasteiger partial charge in [0.15, 0.2) is 0 Å². The Bertz CT molecular complexity index is 685. The number of carbonyl (C=O) groups is 3. The van der Waals surface area contributed by atoms with Crippen LogP contribution in [0.5, 0.6) is 0 Å². The molecule has 0 fully saturated rings. The van der Waals surface area contributed by atoms with Gasteiger partial charge in [-0.3, -0.25) is 9.59 Å². The molecule has 0 heterocycles. The minimum atomic E-state index is -0.990. The molecule has 0 unspecified atom stereocenters. The molecular weight excluding hydrogens is 348 g/mol. The van der Waals surface area contributed by atoms with Gasteiger partial charge >= 0.3 is 6.09 Å². The molecule has 0 aliphatic heterocycles. The van der Waals surface area contributed by atoms with Gasteiger partial charge in [-0.1, -0.05) is 44.2 Å². The molecule has 0 aromatic heterocycles. The van der Waals surface area contributed by atoms with Crippen molar-refractivity contribution in [2.75, 3.05) is 0 Å². The van der Waals surface area contributed by atoms with Crippen LogP contribution in [0.1, 0.15) is 32.8 Å². The molecule has 0 saturated carbocycles. The molecule has 8 nitrogen and oxygen atoms in total. The monoisotopic (exact) mass is 374 g/mol. The number of carbonyl (C=O) groups excluding carboxylic acids is 3. The summed E-state index contributed by atoms with van der Waals surface area (Å²) in [4.78, 5) is 36.1. The SMILES string of the molecule is CC(C)[C@H](NC(=O)OCc1ccccc1)C(=O)N[C@H](C[C@H](C)C#N)C(N)=O. The van der Waals surface area contributed by atoms with Crippen LogP contribution in [0.4, 0.5) is 4.79 Å². The number of ether oxygens (including phenoxy) is 1. The van der Waals surface area contributed by atoms with Gasteiger partial charge in [0.25, 0.3) is 0 Å². The zero-order valence-corrected chi connectivity index (χ0v) is 15.8. The van der Waals surface area contributed by atoms with Crippen molar-refractivity contribution < 1.29 is 19.1 Å². The van der Waals surface area contributed by atoms with Gasteiger partial charge in [0, 0.05) is 5.92 Å². The van der Waals surface area contributed by atoms with Crippen molar-refractivity contribution in [2.24, 2.45) is 17.6 Å². The van der Waals surface area contributed by atoms with Crippen molar-refractivity contribution in [1.82, 2.24) is 10.6 Å². The second kappa shape index (κ2) is 10.8. The summed E-state index contributed by atoms with van der Waals surface area (Å²) in [6.45, 7) is 5.20. The van der Waals surface area contributed by atoms with Gasteiger partial charge in [0.05, 0.1) is 6.07 Å². The van der Waals surface area contributed by atoms with E-state index < -0.39 is 35.9 Å². The van der Waals surface area contributed by atoms with Crippen LogP contribution in [-0.2, 0) is 20.9 Å². The van der Waals surface area contributed by atoms with E-state index in [1.807, 2.05) is 36.4 Å². The predicted octanol–water partition coefficient (Wildman–Crippen LogP) is 1.46. The zero-order valence-electron chi connectivity index (χ0n) is 15.8. The lowest BCUT2D eigenvalue weighted by atomic mass is 10.00. The summed E-state index contributed by atoms with van der Waals surface area (Å²) in [6, 6.07) is 9.22. The maximum absolute atomic E-state index is 12.5. The topological polar surface area (TPSA) is 134 Å². The molecule has 1 aromatic carbocycles. The molecule has 1 rings (SSSR count). The van der Waals surface area contributed by atoms with Gasteiger partial charge in [0.2, 0.25) is 11.8 Å². The van der Waals surface area contributed by atoms with Crippen molar-refractivity contribution >= 4 is 17.9 Å². The number of amides is 3. The third-order valence-electron chi connectivity index (χ3n) is 3.90. The second-order valence-corrected chi connectivity index (χ2v) is 6.66. The molecule has 3 atom stereocenters. The van der Waals surface area contributed by atoms with Crippen LogP contribution in [0.25, 0.3) is 0 Å². The molecule has 8 heteroatoms. The summed E-state index contributed by atoms with van der Waals surface area (Å²) in [5, 5.41) is 13.9. The van der Waals surface area contributed by atoms with E-state index in [0.717, 1.165) is 5.56 Å². The van der Waals surface area contributed by atoms with Gasteiger partial charge in [-0.05, 0) is 24.8 Å². The first-order valence-electron chi connectivity index (χ1n) is 8.71. The fourth-order valence-corrected chi connectivity index (χ4v) is 2.34. The standard InChI is InChI=1S/C19H26N4O4/c1-12(2)16(18(25)22-15(17(21)24)9-13(3)10-20)23-19(26)27-11-14-7-5-4-6-8-14/h4-8,12-13,15-16H,9,11H2,1-3H3,(H2,21,24)(H,22,25)(H,23,26)/t13-,15+,16-/m0/s1. The highest BCUT2D eigenvalue weighted by Gasteiger charge is 2.29. The minimum absolute atomic E-state index is 0.0721. The molecule has 146 valence electrons. The maximum Gasteiger partial charge on any atom is 0.408 e. The highest BCUT2D eigenvalue weighted by Crippen LogP contribution is 2.08. The molecule has 0 aliphatic carbocycles. The average Bonchev–Trinajstić information content (AvgIpc) is 2.64. The Hall–Kier alpha value is -3.08. The molecule has 27 heavy (non-hydrogen) atoms. The van der Waals surface area contributed by atoms with E-state index in [2.05, 4.69) is 10.6 Å². The molecule has 0 aliphatic rings. The lowest BCUT2D eigenvalue weighted by Crippen LogP contribution is -2.55. The van der Waals surface area contributed by atoms with Gasteiger partial charge in [-0.2, -0.15) is 5.26 Å². The summed E-state index contributed by atoms with van der Waals surface area (Å²) in [5.41, 5.74) is 6.12. The number of nitrogens with zero attached hydrogens (tertiary/aromatic N) is 1. The number of benzene rings is 1. The van der Waals surface area contributed by atoms with E-state index in [-0.39, 0.29) is 18.9 Å². The van der Waals surface area contributed by atoms with E-state index >= 15 is 0 Å². The largest absolute Gasteiger partial charge is 0.445 e.